The maximum absolute atomic E-state index is 12.4. The molecule has 0 aromatic carbocycles. The van der Waals surface area contributed by atoms with Gasteiger partial charge in [-0.25, -0.2) is 8.42 Å². The molecule has 0 aliphatic rings. The Morgan fingerprint density at radius 3 is 2.60 bits per heavy atom. The highest BCUT2D eigenvalue weighted by Crippen LogP contribution is 2.20. The third-order valence-electron chi connectivity index (χ3n) is 3.09. The van der Waals surface area contributed by atoms with Crippen LogP contribution in [0.15, 0.2) is 23.4 Å². The number of aryl methyl sites for hydroxylation is 3. The third-order valence-corrected chi connectivity index (χ3v) is 4.42. The smallest absolute Gasteiger partial charge is 0.263 e. The van der Waals surface area contributed by atoms with Gasteiger partial charge in [0.1, 0.15) is 4.90 Å². The van der Waals surface area contributed by atoms with E-state index in [9.17, 15) is 8.42 Å². The molecule has 0 saturated heterocycles. The summed E-state index contributed by atoms with van der Waals surface area (Å²) >= 11 is 0. The van der Waals surface area contributed by atoms with Gasteiger partial charge in [-0.1, -0.05) is 6.92 Å². The minimum Gasteiger partial charge on any atom is -0.352 e. The van der Waals surface area contributed by atoms with Crippen LogP contribution >= 0.6 is 0 Å². The second kappa shape index (κ2) is 5.29. The number of hydrogen-bond donors (Lipinski definition) is 2. The van der Waals surface area contributed by atoms with Crippen LogP contribution in [0.1, 0.15) is 18.3 Å². The zero-order valence-electron chi connectivity index (χ0n) is 11.8. The van der Waals surface area contributed by atoms with Crippen molar-refractivity contribution in [3.63, 3.8) is 0 Å². The highest BCUT2D eigenvalue weighted by Gasteiger charge is 2.19. The SMILES string of the molecule is CCc1nn(C)cc1NS(=O)(=O)c1cc(CN)n(C)c1. The molecule has 0 atom stereocenters. The lowest BCUT2D eigenvalue weighted by Crippen LogP contribution is -2.13. The van der Waals surface area contributed by atoms with Gasteiger partial charge in [0.05, 0.1) is 11.4 Å². The summed E-state index contributed by atoms with van der Waals surface area (Å²) in [7, 11) is -0.101. The fraction of sp³-hybridized carbons (Fsp3) is 0.417. The van der Waals surface area contributed by atoms with E-state index in [1.165, 1.54) is 0 Å². The quantitative estimate of drug-likeness (QED) is 0.844. The molecular formula is C12H19N5O2S. The number of sulfonamides is 1. The van der Waals surface area contributed by atoms with E-state index in [1.807, 2.05) is 6.92 Å². The van der Waals surface area contributed by atoms with Crippen LogP contribution in [0.5, 0.6) is 0 Å². The molecule has 110 valence electrons. The van der Waals surface area contributed by atoms with Crippen LogP contribution in [0.4, 0.5) is 5.69 Å². The van der Waals surface area contributed by atoms with Gasteiger partial charge in [0.25, 0.3) is 10.0 Å². The number of nitrogens with one attached hydrogen (secondary N) is 1. The van der Waals surface area contributed by atoms with Crippen LogP contribution in [0.25, 0.3) is 0 Å². The van der Waals surface area contributed by atoms with Crippen molar-refractivity contribution in [1.82, 2.24) is 14.3 Å². The Bertz CT molecular complexity index is 714. The molecule has 0 aliphatic carbocycles. The zero-order chi connectivity index (χ0) is 14.9. The Morgan fingerprint density at radius 1 is 1.35 bits per heavy atom. The van der Waals surface area contributed by atoms with E-state index in [2.05, 4.69) is 9.82 Å². The highest BCUT2D eigenvalue weighted by atomic mass is 32.2. The highest BCUT2D eigenvalue weighted by molar-refractivity contribution is 7.92. The predicted molar refractivity (Wildman–Crippen MR) is 76.7 cm³/mol. The second-order valence-corrected chi connectivity index (χ2v) is 6.29. The van der Waals surface area contributed by atoms with E-state index in [4.69, 9.17) is 5.73 Å². The first kappa shape index (κ1) is 14.6. The average Bonchev–Trinajstić information content (AvgIpc) is 2.92. The Morgan fingerprint density at radius 2 is 2.05 bits per heavy atom. The molecule has 3 N–H and O–H groups in total. The molecule has 0 amide bonds. The molecule has 20 heavy (non-hydrogen) atoms. The van der Waals surface area contributed by atoms with Crippen LogP contribution in [-0.4, -0.2) is 22.8 Å². The first-order chi connectivity index (χ1) is 9.37. The van der Waals surface area contributed by atoms with Crippen LogP contribution in [0, 0.1) is 0 Å². The van der Waals surface area contributed by atoms with Gasteiger partial charge < -0.3 is 10.3 Å². The summed E-state index contributed by atoms with van der Waals surface area (Å²) in [4.78, 5) is 0.200. The normalized spacial score (nSPS) is 11.8. The van der Waals surface area contributed by atoms with Crippen molar-refractivity contribution < 1.29 is 8.42 Å². The number of anilines is 1. The standard InChI is InChI=1S/C12H19N5O2S/c1-4-11-12(8-17(3)14-11)15-20(18,19)10-5-9(6-13)16(2)7-10/h5,7-8,15H,4,6,13H2,1-3H3. The lowest BCUT2D eigenvalue weighted by molar-refractivity contribution is 0.601. The number of rotatable bonds is 5. The molecule has 0 saturated carbocycles. The van der Waals surface area contributed by atoms with Crippen molar-refractivity contribution in [2.75, 3.05) is 4.72 Å². The Kier molecular flexibility index (Phi) is 3.87. The fourth-order valence-electron chi connectivity index (χ4n) is 2.01. The molecule has 2 rings (SSSR count). The van der Waals surface area contributed by atoms with Gasteiger partial charge in [0.15, 0.2) is 0 Å². The number of aromatic nitrogens is 3. The molecule has 0 bridgehead atoms. The molecule has 2 heterocycles. The molecule has 0 unspecified atom stereocenters. The van der Waals surface area contributed by atoms with E-state index in [0.717, 1.165) is 5.69 Å². The Labute approximate surface area is 118 Å². The summed E-state index contributed by atoms with van der Waals surface area (Å²) in [5, 5.41) is 4.21. The fourth-order valence-corrected chi connectivity index (χ4v) is 3.18. The molecule has 2 aromatic rings. The molecule has 0 fully saturated rings. The van der Waals surface area contributed by atoms with Gasteiger partial charge in [-0.2, -0.15) is 5.10 Å². The van der Waals surface area contributed by atoms with Crippen molar-refractivity contribution >= 4 is 15.7 Å². The first-order valence-electron chi connectivity index (χ1n) is 6.28. The molecule has 2 aromatic heterocycles. The first-order valence-corrected chi connectivity index (χ1v) is 7.76. The van der Waals surface area contributed by atoms with Gasteiger partial charge >= 0.3 is 0 Å². The third kappa shape index (κ3) is 2.70. The predicted octanol–water partition coefficient (Wildman–Crippen LogP) is 0.581. The van der Waals surface area contributed by atoms with Crippen molar-refractivity contribution in [1.29, 1.82) is 0 Å². The maximum atomic E-state index is 12.4. The summed E-state index contributed by atoms with van der Waals surface area (Å²) < 4.78 is 30.6. The number of nitrogens with zero attached hydrogens (tertiary/aromatic N) is 3. The summed E-state index contributed by atoms with van der Waals surface area (Å²) in [6, 6.07) is 1.57. The van der Waals surface area contributed by atoms with Crippen LogP contribution in [0.3, 0.4) is 0 Å². The van der Waals surface area contributed by atoms with Crippen LogP contribution in [-0.2, 0) is 37.1 Å². The van der Waals surface area contributed by atoms with Gasteiger partial charge in [-0.15, -0.1) is 0 Å². The molecule has 0 aliphatic heterocycles. The molecule has 8 heteroatoms. The van der Waals surface area contributed by atoms with E-state index in [-0.39, 0.29) is 4.90 Å². The minimum atomic E-state index is -3.62. The number of hydrogen-bond acceptors (Lipinski definition) is 4. The van der Waals surface area contributed by atoms with Crippen molar-refractivity contribution in [3.8, 4) is 0 Å². The molecule has 0 radical (unpaired) electrons. The second-order valence-electron chi connectivity index (χ2n) is 4.60. The van der Waals surface area contributed by atoms with Gasteiger partial charge in [-0.05, 0) is 12.5 Å². The largest absolute Gasteiger partial charge is 0.352 e. The van der Waals surface area contributed by atoms with Crippen LogP contribution in [0.2, 0.25) is 0 Å². The average molecular weight is 297 g/mol. The van der Waals surface area contributed by atoms with Crippen molar-refractivity contribution in [3.05, 3.63) is 29.8 Å². The molecule has 0 spiro atoms. The lowest BCUT2D eigenvalue weighted by Gasteiger charge is -2.05. The van der Waals surface area contributed by atoms with Gasteiger partial charge in [0, 0.05) is 38.7 Å². The topological polar surface area (TPSA) is 94.9 Å². The van der Waals surface area contributed by atoms with E-state index < -0.39 is 10.0 Å². The summed E-state index contributed by atoms with van der Waals surface area (Å²) in [5.74, 6) is 0. The number of nitrogens with two attached hydrogens (primary N) is 1. The van der Waals surface area contributed by atoms with E-state index >= 15 is 0 Å². The summed E-state index contributed by atoms with van der Waals surface area (Å²) in [6.07, 6.45) is 3.86. The van der Waals surface area contributed by atoms with E-state index in [1.54, 1.807) is 41.8 Å². The zero-order valence-corrected chi connectivity index (χ0v) is 12.6. The van der Waals surface area contributed by atoms with Crippen LogP contribution < -0.4 is 10.5 Å². The van der Waals surface area contributed by atoms with Gasteiger partial charge in [0.2, 0.25) is 0 Å². The van der Waals surface area contributed by atoms with E-state index in [0.29, 0.717) is 24.3 Å². The maximum Gasteiger partial charge on any atom is 0.263 e. The Balaban J connectivity index is 2.35. The van der Waals surface area contributed by atoms with Gasteiger partial charge in [-0.3, -0.25) is 9.40 Å². The summed E-state index contributed by atoms with van der Waals surface area (Å²) in [5.41, 5.74) is 7.54. The molecule has 7 nitrogen and oxygen atoms in total. The Hall–Kier alpha value is -1.80. The molecular weight excluding hydrogens is 278 g/mol. The monoisotopic (exact) mass is 297 g/mol. The minimum absolute atomic E-state index is 0.200. The lowest BCUT2D eigenvalue weighted by atomic mass is 10.3. The van der Waals surface area contributed by atoms with Crippen molar-refractivity contribution in [2.24, 2.45) is 19.8 Å². The summed E-state index contributed by atoms with van der Waals surface area (Å²) in [6.45, 7) is 2.22. The van der Waals surface area contributed by atoms with Crippen molar-refractivity contribution in [2.45, 2.75) is 24.8 Å².